The van der Waals surface area contributed by atoms with Crippen molar-refractivity contribution in [3.8, 4) is 0 Å². The summed E-state index contributed by atoms with van der Waals surface area (Å²) in [6.45, 7) is 4.12. The molecule has 2 rings (SSSR count). The minimum atomic E-state index is -0.794. The van der Waals surface area contributed by atoms with Crippen molar-refractivity contribution >= 4 is 11.6 Å². The molecule has 0 fully saturated rings. The van der Waals surface area contributed by atoms with Crippen LogP contribution in [0.3, 0.4) is 0 Å². The lowest BCUT2D eigenvalue weighted by atomic mass is 10.0. The molecule has 2 aromatic rings. The topological polar surface area (TPSA) is 29.1 Å². The Hall–Kier alpha value is -2.23. The Kier molecular flexibility index (Phi) is 4.13. The maximum atomic E-state index is 13.4. The number of hydrogen-bond acceptors (Lipinski definition) is 1. The van der Waals surface area contributed by atoms with Crippen LogP contribution in [0.5, 0.6) is 0 Å². The first-order valence-corrected chi connectivity index (χ1v) is 6.33. The monoisotopic (exact) mass is 275 g/mol. The van der Waals surface area contributed by atoms with Gasteiger partial charge in [-0.15, -0.1) is 0 Å². The van der Waals surface area contributed by atoms with Gasteiger partial charge in [0.05, 0.1) is 5.69 Å². The zero-order valence-electron chi connectivity index (χ0n) is 11.3. The quantitative estimate of drug-likeness (QED) is 0.887. The third kappa shape index (κ3) is 3.20. The fourth-order valence-corrected chi connectivity index (χ4v) is 1.80. The second kappa shape index (κ2) is 5.82. The number of amides is 1. The SMILES string of the molecule is CC(C)c1ccc(C(=O)Nc2ccc(F)cc2F)cc1. The molecule has 0 heterocycles. The molecule has 0 bridgehead atoms. The molecule has 0 aliphatic carbocycles. The van der Waals surface area contributed by atoms with Gasteiger partial charge in [-0.05, 0) is 35.7 Å². The van der Waals surface area contributed by atoms with Gasteiger partial charge >= 0.3 is 0 Å². The van der Waals surface area contributed by atoms with Gasteiger partial charge in [0, 0.05) is 11.6 Å². The molecule has 0 saturated heterocycles. The lowest BCUT2D eigenvalue weighted by Crippen LogP contribution is -2.13. The summed E-state index contributed by atoms with van der Waals surface area (Å²) in [6.07, 6.45) is 0. The molecule has 4 heteroatoms. The minimum absolute atomic E-state index is 0.0377. The summed E-state index contributed by atoms with van der Waals surface area (Å²) in [5.41, 5.74) is 1.51. The Bertz CT molecular complexity index is 621. The van der Waals surface area contributed by atoms with Crippen LogP contribution in [0.2, 0.25) is 0 Å². The Morgan fingerprint density at radius 1 is 1.05 bits per heavy atom. The van der Waals surface area contributed by atoms with E-state index in [0.717, 1.165) is 17.7 Å². The Morgan fingerprint density at radius 3 is 2.25 bits per heavy atom. The molecule has 1 amide bonds. The Balaban J connectivity index is 2.15. The van der Waals surface area contributed by atoms with Crippen LogP contribution in [-0.4, -0.2) is 5.91 Å². The first-order valence-electron chi connectivity index (χ1n) is 6.33. The van der Waals surface area contributed by atoms with E-state index in [1.807, 2.05) is 12.1 Å². The average Bonchev–Trinajstić information content (AvgIpc) is 2.42. The van der Waals surface area contributed by atoms with Gasteiger partial charge in [-0.25, -0.2) is 8.78 Å². The molecular weight excluding hydrogens is 260 g/mol. The largest absolute Gasteiger partial charge is 0.319 e. The summed E-state index contributed by atoms with van der Waals surface area (Å²) in [7, 11) is 0. The smallest absolute Gasteiger partial charge is 0.255 e. The van der Waals surface area contributed by atoms with E-state index >= 15 is 0 Å². The van der Waals surface area contributed by atoms with E-state index < -0.39 is 17.5 Å². The van der Waals surface area contributed by atoms with E-state index in [-0.39, 0.29) is 5.69 Å². The summed E-state index contributed by atoms with van der Waals surface area (Å²) in [5.74, 6) is -1.52. The molecule has 0 atom stereocenters. The fraction of sp³-hybridized carbons (Fsp3) is 0.188. The van der Waals surface area contributed by atoms with Crippen molar-refractivity contribution < 1.29 is 13.6 Å². The summed E-state index contributed by atoms with van der Waals surface area (Å²) >= 11 is 0. The van der Waals surface area contributed by atoms with Gasteiger partial charge < -0.3 is 5.32 Å². The van der Waals surface area contributed by atoms with E-state index in [2.05, 4.69) is 19.2 Å². The highest BCUT2D eigenvalue weighted by Gasteiger charge is 2.10. The molecule has 0 aliphatic heterocycles. The summed E-state index contributed by atoms with van der Waals surface area (Å²) in [6, 6.07) is 10.1. The van der Waals surface area contributed by atoms with Crippen LogP contribution in [0.25, 0.3) is 0 Å². The van der Waals surface area contributed by atoms with E-state index in [1.165, 1.54) is 6.07 Å². The lowest BCUT2D eigenvalue weighted by Gasteiger charge is -2.08. The maximum Gasteiger partial charge on any atom is 0.255 e. The Morgan fingerprint density at radius 2 is 1.70 bits per heavy atom. The van der Waals surface area contributed by atoms with Gasteiger partial charge in [0.25, 0.3) is 5.91 Å². The van der Waals surface area contributed by atoms with E-state index in [1.54, 1.807) is 12.1 Å². The molecular formula is C16H15F2NO. The van der Waals surface area contributed by atoms with Crippen molar-refractivity contribution in [2.75, 3.05) is 5.32 Å². The van der Waals surface area contributed by atoms with Gasteiger partial charge in [0.2, 0.25) is 0 Å². The normalized spacial score (nSPS) is 10.7. The number of benzene rings is 2. The van der Waals surface area contributed by atoms with Crippen LogP contribution < -0.4 is 5.32 Å². The number of rotatable bonds is 3. The third-order valence-electron chi connectivity index (χ3n) is 3.02. The fourth-order valence-electron chi connectivity index (χ4n) is 1.80. The van der Waals surface area contributed by atoms with Gasteiger partial charge in [0.1, 0.15) is 11.6 Å². The minimum Gasteiger partial charge on any atom is -0.319 e. The van der Waals surface area contributed by atoms with Gasteiger partial charge in [0.15, 0.2) is 0 Å². The van der Waals surface area contributed by atoms with Gasteiger partial charge in [-0.2, -0.15) is 0 Å². The molecule has 0 unspecified atom stereocenters. The predicted molar refractivity (Wildman–Crippen MR) is 74.8 cm³/mol. The van der Waals surface area contributed by atoms with E-state index in [9.17, 15) is 13.6 Å². The lowest BCUT2D eigenvalue weighted by molar-refractivity contribution is 0.102. The zero-order chi connectivity index (χ0) is 14.7. The number of carbonyl (C=O) groups is 1. The molecule has 20 heavy (non-hydrogen) atoms. The Labute approximate surface area is 116 Å². The van der Waals surface area contributed by atoms with Crippen molar-refractivity contribution in [2.45, 2.75) is 19.8 Å². The number of hydrogen-bond donors (Lipinski definition) is 1. The van der Waals surface area contributed by atoms with E-state index in [0.29, 0.717) is 11.5 Å². The number of carbonyl (C=O) groups excluding carboxylic acids is 1. The van der Waals surface area contributed by atoms with Gasteiger partial charge in [-0.1, -0.05) is 26.0 Å². The van der Waals surface area contributed by atoms with E-state index in [4.69, 9.17) is 0 Å². The molecule has 0 saturated carbocycles. The highest BCUT2D eigenvalue weighted by molar-refractivity contribution is 6.04. The molecule has 0 radical (unpaired) electrons. The summed E-state index contributed by atoms with van der Waals surface area (Å²) < 4.78 is 26.2. The summed E-state index contributed by atoms with van der Waals surface area (Å²) in [4.78, 5) is 12.0. The molecule has 2 nitrogen and oxygen atoms in total. The first-order chi connectivity index (χ1) is 9.47. The van der Waals surface area contributed by atoms with Crippen molar-refractivity contribution in [3.63, 3.8) is 0 Å². The van der Waals surface area contributed by atoms with Crippen molar-refractivity contribution in [3.05, 3.63) is 65.2 Å². The summed E-state index contributed by atoms with van der Waals surface area (Å²) in [5, 5.41) is 2.42. The van der Waals surface area contributed by atoms with Crippen molar-refractivity contribution in [1.29, 1.82) is 0 Å². The highest BCUT2D eigenvalue weighted by atomic mass is 19.1. The second-order valence-corrected chi connectivity index (χ2v) is 4.86. The maximum absolute atomic E-state index is 13.4. The molecule has 1 N–H and O–H groups in total. The van der Waals surface area contributed by atoms with Crippen LogP contribution in [0.4, 0.5) is 14.5 Å². The molecule has 0 aromatic heterocycles. The number of anilines is 1. The van der Waals surface area contributed by atoms with Crippen LogP contribution in [-0.2, 0) is 0 Å². The zero-order valence-corrected chi connectivity index (χ0v) is 11.3. The highest BCUT2D eigenvalue weighted by Crippen LogP contribution is 2.18. The number of halogens is 2. The standard InChI is InChI=1S/C16H15F2NO/c1-10(2)11-3-5-12(6-4-11)16(20)19-15-8-7-13(17)9-14(15)18/h3-10H,1-2H3,(H,19,20). The van der Waals surface area contributed by atoms with Gasteiger partial charge in [-0.3, -0.25) is 4.79 Å². The second-order valence-electron chi connectivity index (χ2n) is 4.86. The predicted octanol–water partition coefficient (Wildman–Crippen LogP) is 4.34. The molecule has 0 spiro atoms. The molecule has 0 aliphatic rings. The van der Waals surface area contributed by atoms with Crippen LogP contribution >= 0.6 is 0 Å². The molecule has 104 valence electrons. The van der Waals surface area contributed by atoms with Crippen LogP contribution in [0.15, 0.2) is 42.5 Å². The van der Waals surface area contributed by atoms with Crippen LogP contribution in [0.1, 0.15) is 35.7 Å². The van der Waals surface area contributed by atoms with Crippen molar-refractivity contribution in [1.82, 2.24) is 0 Å². The first kappa shape index (κ1) is 14.2. The number of nitrogens with one attached hydrogen (secondary N) is 1. The third-order valence-corrected chi connectivity index (χ3v) is 3.02. The van der Waals surface area contributed by atoms with Crippen molar-refractivity contribution in [2.24, 2.45) is 0 Å². The molecule has 2 aromatic carbocycles. The van der Waals surface area contributed by atoms with Crippen LogP contribution in [0, 0.1) is 11.6 Å². The average molecular weight is 275 g/mol.